The minimum atomic E-state index is -0.991. The Bertz CT molecular complexity index is 935. The van der Waals surface area contributed by atoms with Crippen molar-refractivity contribution in [2.24, 2.45) is 0 Å². The van der Waals surface area contributed by atoms with Gasteiger partial charge < -0.3 is 29.0 Å². The first-order valence-electron chi connectivity index (χ1n) is 12.6. The fourth-order valence-electron chi connectivity index (χ4n) is 3.48. The molecule has 0 saturated heterocycles. The molecule has 0 radical (unpaired) electrons. The third-order valence-electron chi connectivity index (χ3n) is 5.36. The molecule has 2 aromatic rings. The van der Waals surface area contributed by atoms with Crippen LogP contribution in [-0.2, 0) is 32.0 Å². The van der Waals surface area contributed by atoms with Crippen LogP contribution >= 0.6 is 0 Å². The molecule has 8 nitrogen and oxygen atoms in total. The van der Waals surface area contributed by atoms with E-state index in [-0.39, 0.29) is 24.9 Å². The molecule has 0 spiro atoms. The summed E-state index contributed by atoms with van der Waals surface area (Å²) >= 11 is 0. The molecule has 0 aromatic heterocycles. The van der Waals surface area contributed by atoms with Crippen molar-refractivity contribution in [1.29, 1.82) is 0 Å². The molecule has 1 atom stereocenters. The van der Waals surface area contributed by atoms with Gasteiger partial charge >= 0.3 is 12.1 Å². The number of nitrogens with zero attached hydrogens (tertiary/aromatic N) is 1. The molecule has 2 rings (SSSR count). The first kappa shape index (κ1) is 30.1. The van der Waals surface area contributed by atoms with Crippen molar-refractivity contribution in [3.05, 3.63) is 65.5 Å². The first-order valence-corrected chi connectivity index (χ1v) is 12.6. The van der Waals surface area contributed by atoms with Gasteiger partial charge in [0.1, 0.15) is 18.2 Å². The Kier molecular flexibility index (Phi) is 13.4. The quantitative estimate of drug-likeness (QED) is 0.291. The molecular weight excluding hydrogens is 481 g/mol. The van der Waals surface area contributed by atoms with Crippen LogP contribution in [0.3, 0.4) is 0 Å². The second-order valence-electron chi connectivity index (χ2n) is 8.78. The number of aliphatic carboxylic acids is 1. The summed E-state index contributed by atoms with van der Waals surface area (Å²) in [5, 5.41) is 9.24. The highest BCUT2D eigenvalue weighted by Crippen LogP contribution is 2.15. The van der Waals surface area contributed by atoms with E-state index < -0.39 is 18.2 Å². The molecule has 204 valence electrons. The van der Waals surface area contributed by atoms with Crippen LogP contribution < -0.4 is 4.74 Å². The fraction of sp³-hybridized carbons (Fsp3) is 0.500. The summed E-state index contributed by atoms with van der Waals surface area (Å²) in [5.41, 5.74) is 1.74. The van der Waals surface area contributed by atoms with E-state index in [4.69, 9.17) is 18.9 Å². The molecule has 0 bridgehead atoms. The minimum absolute atomic E-state index is 0.228. The summed E-state index contributed by atoms with van der Waals surface area (Å²) in [6.07, 6.45) is 0.256. The SMILES string of the molecule is CCOC(Cc1ccc(OCCN(CCCCOCc2ccc(F)cc2)C(=O)OC(C)C)cc1)C(=O)O. The second-order valence-corrected chi connectivity index (χ2v) is 8.78. The van der Waals surface area contributed by atoms with Crippen molar-refractivity contribution >= 4 is 12.1 Å². The molecule has 37 heavy (non-hydrogen) atoms. The lowest BCUT2D eigenvalue weighted by Crippen LogP contribution is -2.37. The molecule has 0 aliphatic rings. The maximum atomic E-state index is 13.0. The zero-order valence-corrected chi connectivity index (χ0v) is 21.9. The van der Waals surface area contributed by atoms with Gasteiger partial charge in [0, 0.05) is 26.2 Å². The average Bonchev–Trinajstić information content (AvgIpc) is 2.86. The van der Waals surface area contributed by atoms with Crippen LogP contribution in [-0.4, -0.2) is 67.2 Å². The Morgan fingerprint density at radius 3 is 2.24 bits per heavy atom. The van der Waals surface area contributed by atoms with Crippen LogP contribution in [0.15, 0.2) is 48.5 Å². The maximum Gasteiger partial charge on any atom is 0.410 e. The summed E-state index contributed by atoms with van der Waals surface area (Å²) in [6, 6.07) is 13.4. The van der Waals surface area contributed by atoms with Crippen LogP contribution in [0, 0.1) is 5.82 Å². The van der Waals surface area contributed by atoms with Crippen molar-refractivity contribution < 1.29 is 38.0 Å². The van der Waals surface area contributed by atoms with Crippen molar-refractivity contribution in [1.82, 2.24) is 4.90 Å². The zero-order chi connectivity index (χ0) is 27.0. The number of ether oxygens (including phenoxy) is 4. The molecule has 9 heteroatoms. The van der Waals surface area contributed by atoms with E-state index >= 15 is 0 Å². The van der Waals surface area contributed by atoms with E-state index in [9.17, 15) is 19.1 Å². The van der Waals surface area contributed by atoms with Crippen LogP contribution in [0.25, 0.3) is 0 Å². The molecular formula is C28H38FNO7. The number of unbranched alkanes of at least 4 members (excludes halogenated alkanes) is 1. The number of hydrogen-bond donors (Lipinski definition) is 1. The van der Waals surface area contributed by atoms with Crippen LogP contribution in [0.1, 0.15) is 44.7 Å². The van der Waals surface area contributed by atoms with Crippen molar-refractivity contribution in [2.45, 2.75) is 58.8 Å². The number of benzene rings is 2. The fourth-order valence-corrected chi connectivity index (χ4v) is 3.48. The van der Waals surface area contributed by atoms with E-state index in [1.807, 2.05) is 0 Å². The number of hydrogen-bond acceptors (Lipinski definition) is 6. The molecule has 0 heterocycles. The monoisotopic (exact) mass is 519 g/mol. The van der Waals surface area contributed by atoms with Crippen LogP contribution in [0.2, 0.25) is 0 Å². The number of amides is 1. The average molecular weight is 520 g/mol. The maximum absolute atomic E-state index is 13.0. The Morgan fingerprint density at radius 2 is 1.62 bits per heavy atom. The lowest BCUT2D eigenvalue weighted by atomic mass is 10.1. The van der Waals surface area contributed by atoms with Gasteiger partial charge in [0.05, 0.1) is 19.3 Å². The smallest absolute Gasteiger partial charge is 0.410 e. The molecule has 0 saturated carbocycles. The number of halogens is 1. The van der Waals surface area contributed by atoms with Gasteiger partial charge in [0.15, 0.2) is 6.10 Å². The highest BCUT2D eigenvalue weighted by Gasteiger charge is 2.18. The van der Waals surface area contributed by atoms with Gasteiger partial charge in [-0.3, -0.25) is 0 Å². The van der Waals surface area contributed by atoms with Crippen molar-refractivity contribution in [3.8, 4) is 5.75 Å². The zero-order valence-electron chi connectivity index (χ0n) is 21.9. The summed E-state index contributed by atoms with van der Waals surface area (Å²) in [7, 11) is 0. The van der Waals surface area contributed by atoms with E-state index in [1.54, 1.807) is 62.1 Å². The normalized spacial score (nSPS) is 11.8. The third-order valence-corrected chi connectivity index (χ3v) is 5.36. The molecule has 2 aromatic carbocycles. The summed E-state index contributed by atoms with van der Waals surface area (Å²) < 4.78 is 35.0. The van der Waals surface area contributed by atoms with Crippen LogP contribution in [0.5, 0.6) is 5.75 Å². The van der Waals surface area contributed by atoms with E-state index in [2.05, 4.69) is 0 Å². The van der Waals surface area contributed by atoms with Gasteiger partial charge in [0.25, 0.3) is 0 Å². The second kappa shape index (κ2) is 16.6. The summed E-state index contributed by atoms with van der Waals surface area (Å²) in [4.78, 5) is 25.4. The Morgan fingerprint density at radius 1 is 0.946 bits per heavy atom. The lowest BCUT2D eigenvalue weighted by molar-refractivity contribution is -0.149. The molecule has 0 fully saturated rings. The molecule has 1 N–H and O–H groups in total. The number of carboxylic acid groups (broad SMARTS) is 1. The predicted octanol–water partition coefficient (Wildman–Crippen LogP) is 5.08. The predicted molar refractivity (Wildman–Crippen MR) is 137 cm³/mol. The Balaban J connectivity index is 1.76. The molecule has 1 amide bonds. The van der Waals surface area contributed by atoms with Crippen molar-refractivity contribution in [3.63, 3.8) is 0 Å². The van der Waals surface area contributed by atoms with Gasteiger partial charge in [-0.15, -0.1) is 0 Å². The van der Waals surface area contributed by atoms with E-state index in [1.165, 1.54) is 12.1 Å². The number of rotatable bonds is 17. The summed E-state index contributed by atoms with van der Waals surface area (Å²) in [6.45, 7) is 7.78. The number of carboxylic acids is 1. The van der Waals surface area contributed by atoms with Gasteiger partial charge in [-0.2, -0.15) is 0 Å². The van der Waals surface area contributed by atoms with E-state index in [0.717, 1.165) is 24.0 Å². The number of carbonyl (C=O) groups excluding carboxylic acids is 1. The standard InChI is InChI=1S/C28H38FNO7/c1-4-35-26(27(31)32)19-22-9-13-25(14-10-22)36-18-16-30(28(33)37-21(2)3)15-5-6-17-34-20-23-7-11-24(29)12-8-23/h7-14,21,26H,4-6,15-20H2,1-3H3,(H,31,32). The van der Waals surface area contributed by atoms with Crippen LogP contribution in [0.4, 0.5) is 9.18 Å². The highest BCUT2D eigenvalue weighted by atomic mass is 19.1. The molecule has 0 aliphatic heterocycles. The van der Waals surface area contributed by atoms with Gasteiger partial charge in [-0.05, 0) is 69.0 Å². The first-order chi connectivity index (χ1) is 17.8. The van der Waals surface area contributed by atoms with Gasteiger partial charge in [-0.25, -0.2) is 14.0 Å². The Labute approximate surface area is 218 Å². The van der Waals surface area contributed by atoms with Gasteiger partial charge in [-0.1, -0.05) is 24.3 Å². The molecule has 1 unspecified atom stereocenters. The molecule has 0 aliphatic carbocycles. The number of carbonyl (C=O) groups is 2. The van der Waals surface area contributed by atoms with Gasteiger partial charge in [0.2, 0.25) is 0 Å². The largest absolute Gasteiger partial charge is 0.492 e. The summed E-state index contributed by atoms with van der Waals surface area (Å²) in [5.74, 6) is -0.641. The van der Waals surface area contributed by atoms with Crippen molar-refractivity contribution in [2.75, 3.05) is 32.9 Å². The Hall–Kier alpha value is -3.17. The van der Waals surface area contributed by atoms with E-state index in [0.29, 0.717) is 38.7 Å². The third kappa shape index (κ3) is 12.1. The topological polar surface area (TPSA) is 94.5 Å². The lowest BCUT2D eigenvalue weighted by Gasteiger charge is -2.23. The highest BCUT2D eigenvalue weighted by molar-refractivity contribution is 5.72. The minimum Gasteiger partial charge on any atom is -0.492 e.